The van der Waals surface area contributed by atoms with Crippen molar-refractivity contribution in [3.05, 3.63) is 249 Å². The van der Waals surface area contributed by atoms with Crippen molar-refractivity contribution in [2.45, 2.75) is 291 Å². The van der Waals surface area contributed by atoms with Crippen LogP contribution in [0.1, 0.15) is 308 Å². The minimum absolute atomic E-state index is 0.167. The van der Waals surface area contributed by atoms with E-state index < -0.39 is 24.6 Å². The number of phosphoric ester groups is 1. The van der Waals surface area contributed by atoms with Gasteiger partial charge in [-0.1, -0.05) is 369 Å². The van der Waals surface area contributed by atoms with Gasteiger partial charge in [-0.3, -0.25) is 13.6 Å². The molecule has 0 aliphatic heterocycles. The van der Waals surface area contributed by atoms with Gasteiger partial charge in [0.2, 0.25) is 0 Å². The number of phosphoric acid groups is 1. The quantitative estimate of drug-likeness (QED) is 0.0256. The largest absolute Gasteiger partial charge is 0.479 e. The number of hydrogen-bond donors (Lipinski definition) is 0. The Labute approximate surface area is 562 Å². The van der Waals surface area contributed by atoms with E-state index in [0.29, 0.717) is 19.3 Å². The molecule has 0 unspecified atom stereocenters. The van der Waals surface area contributed by atoms with Crippen LogP contribution in [0.15, 0.2) is 182 Å². The van der Waals surface area contributed by atoms with Crippen molar-refractivity contribution < 1.29 is 18.1 Å². The summed E-state index contributed by atoms with van der Waals surface area (Å²) in [6.45, 7) is 62.6. The zero-order valence-corrected chi connectivity index (χ0v) is 62.6. The molecule has 0 atom stereocenters. The first-order chi connectivity index (χ1) is 42.8. The van der Waals surface area contributed by atoms with Crippen molar-refractivity contribution in [3.8, 4) is 0 Å². The lowest BCUT2D eigenvalue weighted by Gasteiger charge is -2.47. The lowest BCUT2D eigenvalue weighted by atomic mass is 9.76. The third-order valence-electron chi connectivity index (χ3n) is 19.2. The van der Waals surface area contributed by atoms with Gasteiger partial charge in [0.25, 0.3) is 0 Å². The Morgan fingerprint density at radius 2 is 0.402 bits per heavy atom. The van der Waals surface area contributed by atoms with Crippen molar-refractivity contribution in [1.82, 2.24) is 0 Å². The number of hydrogen-bond acceptors (Lipinski definition) is 4. The first-order valence-electron chi connectivity index (χ1n) is 35.3. The minimum Gasteiger partial charge on any atom is -0.266 e. The summed E-state index contributed by atoms with van der Waals surface area (Å²) in [5.74, 6) is 0. The lowest BCUT2D eigenvalue weighted by Crippen LogP contribution is -2.40. The van der Waals surface area contributed by atoms with Gasteiger partial charge < -0.3 is 0 Å². The summed E-state index contributed by atoms with van der Waals surface area (Å²) in [4.78, 5) is 0. The van der Waals surface area contributed by atoms with Crippen LogP contribution in [-0.2, 0) is 67.4 Å². The molecule has 0 spiro atoms. The molecule has 0 aliphatic rings. The van der Waals surface area contributed by atoms with Crippen LogP contribution in [-0.4, -0.2) is 0 Å². The maximum absolute atomic E-state index is 19.3. The fraction of sp³-hybridized carbons (Fsp3) is 0.517. The van der Waals surface area contributed by atoms with Crippen LogP contribution in [0.4, 0.5) is 0 Å². The monoisotopic (exact) mass is 1260 g/mol. The second-order valence-corrected chi connectivity index (χ2v) is 34.4. The predicted octanol–water partition coefficient (Wildman–Crippen LogP) is 26.3. The summed E-state index contributed by atoms with van der Waals surface area (Å²) >= 11 is 0. The molecule has 92 heavy (non-hydrogen) atoms. The first kappa shape index (κ1) is 75.7. The van der Waals surface area contributed by atoms with Gasteiger partial charge in [0, 0.05) is 0 Å². The number of unbranched alkanes of at least 4 members (excludes halogenated alkanes) is 9. The zero-order valence-electron chi connectivity index (χ0n) is 61.7. The van der Waals surface area contributed by atoms with Crippen LogP contribution in [0.5, 0.6) is 0 Å². The van der Waals surface area contributed by atoms with Gasteiger partial charge >= 0.3 is 7.82 Å². The van der Waals surface area contributed by atoms with E-state index in [9.17, 15) is 0 Å². The zero-order chi connectivity index (χ0) is 68.4. The molecule has 6 rings (SSSR count). The Hall–Kier alpha value is -5.35. The Balaban J connectivity index is 1.94. The molecule has 0 saturated carbocycles. The summed E-state index contributed by atoms with van der Waals surface area (Å²) in [6.07, 6.45) is 13.7. The van der Waals surface area contributed by atoms with E-state index in [-0.39, 0.29) is 32.5 Å². The first-order valence-corrected chi connectivity index (χ1v) is 36.7. The Morgan fingerprint density at radius 1 is 0.261 bits per heavy atom. The molecule has 0 radical (unpaired) electrons. The van der Waals surface area contributed by atoms with Gasteiger partial charge in [0.15, 0.2) is 16.8 Å². The molecule has 0 bridgehead atoms. The smallest absolute Gasteiger partial charge is 0.266 e. The molecular formula is C87H123O4P. The van der Waals surface area contributed by atoms with Crippen molar-refractivity contribution in [3.63, 3.8) is 0 Å². The maximum Gasteiger partial charge on any atom is 0.479 e. The molecular weight excluding hydrogens is 1140 g/mol. The molecule has 0 aromatic heterocycles. The molecule has 500 valence electrons. The van der Waals surface area contributed by atoms with Crippen LogP contribution in [0.2, 0.25) is 0 Å². The van der Waals surface area contributed by atoms with E-state index in [0.717, 1.165) is 161 Å². The van der Waals surface area contributed by atoms with Gasteiger partial charge in [-0.2, -0.15) is 0 Å². The fourth-order valence-electron chi connectivity index (χ4n) is 12.8. The average Bonchev–Trinajstić information content (AvgIpc) is 0.722. The highest BCUT2D eigenvalue weighted by Gasteiger charge is 2.57. The highest BCUT2D eigenvalue weighted by Crippen LogP contribution is 2.69. The minimum atomic E-state index is -5.32. The van der Waals surface area contributed by atoms with Gasteiger partial charge in [0.1, 0.15) is 0 Å². The number of benzene rings is 6. The molecule has 0 N–H and O–H groups in total. The third kappa shape index (κ3) is 18.2. The molecule has 0 heterocycles. The van der Waals surface area contributed by atoms with Crippen molar-refractivity contribution in [1.29, 1.82) is 0 Å². The summed E-state index contributed by atoms with van der Waals surface area (Å²) in [6, 6.07) is 52.6. The molecule has 0 aliphatic carbocycles. The standard InChI is InChI=1S/C87H123O4P/c1-25-28-31-34-37-64(4)85(73-52-40-67(41-53-73)79(7,8)9,74-54-42-68(43-55-74)80(10,11)12)89-92(88,90-86(65(5)38-35-32-29-26-2,75-56-44-69(45-57-75)81(13,14)15)76-58-46-70(47-59-76)82(16,17)18)91-87(66(6)39-36-33-30-27-3,77-60-48-71(49-61-77)83(19,20)21)78-62-50-72(51-63-78)84(22,23)24/h40-63H,4-6,25-39H2,1-3,7-24H3. The highest BCUT2D eigenvalue weighted by molar-refractivity contribution is 7.48. The second kappa shape index (κ2) is 30.6. The van der Waals surface area contributed by atoms with Gasteiger partial charge in [0.05, 0.1) is 0 Å². The topological polar surface area (TPSA) is 44.8 Å². The predicted molar refractivity (Wildman–Crippen MR) is 398 cm³/mol. The fourth-order valence-corrected chi connectivity index (χ4v) is 15.0. The van der Waals surface area contributed by atoms with Gasteiger partial charge in [-0.05, 0) is 154 Å². The van der Waals surface area contributed by atoms with Crippen LogP contribution >= 0.6 is 7.82 Å². The second-order valence-electron chi connectivity index (χ2n) is 33.0. The van der Waals surface area contributed by atoms with E-state index >= 15 is 4.57 Å². The van der Waals surface area contributed by atoms with E-state index in [4.69, 9.17) is 33.3 Å². The number of rotatable bonds is 30. The lowest BCUT2D eigenvalue weighted by molar-refractivity contribution is -0.0174. The van der Waals surface area contributed by atoms with E-state index in [1.54, 1.807) is 0 Å². The van der Waals surface area contributed by atoms with Gasteiger partial charge in [-0.25, -0.2) is 4.57 Å². The Morgan fingerprint density at radius 3 is 0.533 bits per heavy atom. The van der Waals surface area contributed by atoms with Crippen LogP contribution < -0.4 is 0 Å². The molecule has 6 aromatic carbocycles. The molecule has 0 saturated heterocycles. The average molecular weight is 1260 g/mol. The van der Waals surface area contributed by atoms with E-state index in [1.165, 1.54) is 0 Å². The molecule has 5 heteroatoms. The van der Waals surface area contributed by atoms with Crippen LogP contribution in [0.25, 0.3) is 0 Å². The Kier molecular flexibility index (Phi) is 25.2. The molecule has 4 nitrogen and oxygen atoms in total. The van der Waals surface area contributed by atoms with Crippen LogP contribution in [0.3, 0.4) is 0 Å². The summed E-state index contributed by atoms with van der Waals surface area (Å²) in [5, 5.41) is 0. The third-order valence-corrected chi connectivity index (χ3v) is 20.7. The van der Waals surface area contributed by atoms with Crippen LogP contribution in [0, 0.1) is 0 Å². The van der Waals surface area contributed by atoms with Crippen molar-refractivity contribution >= 4 is 7.82 Å². The summed E-state index contributed by atoms with van der Waals surface area (Å²) in [5.41, 5.74) is 8.03. The van der Waals surface area contributed by atoms with Gasteiger partial charge in [-0.15, -0.1) is 0 Å². The summed E-state index contributed by atoms with van der Waals surface area (Å²) in [7, 11) is -5.32. The van der Waals surface area contributed by atoms with Crippen molar-refractivity contribution in [2.24, 2.45) is 0 Å². The normalized spacial score (nSPS) is 13.4. The van der Waals surface area contributed by atoms with E-state index in [2.05, 4.69) is 291 Å². The molecule has 0 fully saturated rings. The molecule has 0 amide bonds. The van der Waals surface area contributed by atoms with E-state index in [1.807, 2.05) is 0 Å². The maximum atomic E-state index is 19.3. The summed E-state index contributed by atoms with van der Waals surface area (Å²) < 4.78 is 44.5. The highest BCUT2D eigenvalue weighted by atomic mass is 31.2. The SMILES string of the molecule is C=C(CCCCCC)C(OP(=O)(OC(C(=C)CCCCCC)(c1ccc(C(C)(C)C)cc1)c1ccc(C(C)(C)C)cc1)OC(C(=C)CCCCCC)(c1ccc(C(C)(C)C)cc1)c1ccc(C(C)(C)C)cc1)(c1ccc(C(C)(C)C)cc1)c1ccc(C(C)(C)C)cc1. The Bertz CT molecular complexity index is 2830. The molecule has 6 aromatic rings. The van der Waals surface area contributed by atoms with Crippen molar-refractivity contribution in [2.75, 3.05) is 0 Å².